The molecular formula is C8H13F3O3. The number of hydrogen-bond donors (Lipinski definition) is 1. The number of carboxylic acids is 1. The van der Waals surface area contributed by atoms with Crippen LogP contribution in [0.1, 0.15) is 26.2 Å². The summed E-state index contributed by atoms with van der Waals surface area (Å²) >= 11 is 0. The lowest BCUT2D eigenvalue weighted by atomic mass is 10.1. The summed E-state index contributed by atoms with van der Waals surface area (Å²) in [6.45, 7) is 0.316. The smallest absolute Gasteiger partial charge is 0.411 e. The maximum atomic E-state index is 11.7. The molecular weight excluding hydrogens is 201 g/mol. The van der Waals surface area contributed by atoms with Crippen molar-refractivity contribution in [2.45, 2.75) is 38.5 Å². The highest BCUT2D eigenvalue weighted by Crippen LogP contribution is 2.17. The van der Waals surface area contributed by atoms with E-state index in [1.54, 1.807) is 0 Å². The first-order valence-corrected chi connectivity index (χ1v) is 4.28. The molecule has 0 radical (unpaired) electrons. The molecule has 84 valence electrons. The van der Waals surface area contributed by atoms with E-state index in [4.69, 9.17) is 5.11 Å². The number of rotatable bonds is 6. The van der Waals surface area contributed by atoms with Gasteiger partial charge in [-0.3, -0.25) is 0 Å². The van der Waals surface area contributed by atoms with Crippen LogP contribution in [-0.2, 0) is 9.53 Å². The van der Waals surface area contributed by atoms with Crippen LogP contribution in [0.25, 0.3) is 0 Å². The van der Waals surface area contributed by atoms with Crippen molar-refractivity contribution in [2.24, 2.45) is 0 Å². The van der Waals surface area contributed by atoms with E-state index in [1.165, 1.54) is 0 Å². The summed E-state index contributed by atoms with van der Waals surface area (Å²) in [4.78, 5) is 10.4. The fraction of sp³-hybridized carbons (Fsp3) is 0.875. The first kappa shape index (κ1) is 13.2. The Bertz CT molecular complexity index is 179. The zero-order valence-corrected chi connectivity index (χ0v) is 7.80. The molecule has 14 heavy (non-hydrogen) atoms. The largest absolute Gasteiger partial charge is 0.479 e. The lowest BCUT2D eigenvalue weighted by Gasteiger charge is -2.14. The highest BCUT2D eigenvalue weighted by Gasteiger charge is 2.30. The summed E-state index contributed by atoms with van der Waals surface area (Å²) in [7, 11) is 0. The van der Waals surface area contributed by atoms with Gasteiger partial charge in [0, 0.05) is 0 Å². The number of carboxylic acid groups (broad SMARTS) is 1. The standard InChI is InChI=1S/C8H13F3O3/c1-2-3-4-6(7(12)13)14-5-8(9,10)11/h6H,2-5H2,1H3,(H,12,13). The van der Waals surface area contributed by atoms with Crippen LogP contribution in [0.3, 0.4) is 0 Å². The van der Waals surface area contributed by atoms with Gasteiger partial charge in [0.05, 0.1) is 0 Å². The van der Waals surface area contributed by atoms with E-state index in [0.717, 1.165) is 6.42 Å². The van der Waals surface area contributed by atoms with Crippen molar-refractivity contribution < 1.29 is 27.8 Å². The fourth-order valence-electron chi connectivity index (χ4n) is 0.863. The third kappa shape index (κ3) is 6.71. The predicted molar refractivity (Wildman–Crippen MR) is 43.0 cm³/mol. The Morgan fingerprint density at radius 3 is 2.43 bits per heavy atom. The Morgan fingerprint density at radius 1 is 1.50 bits per heavy atom. The number of aliphatic carboxylic acids is 1. The van der Waals surface area contributed by atoms with Crippen molar-refractivity contribution >= 4 is 5.97 Å². The average Bonchev–Trinajstić information content (AvgIpc) is 2.01. The van der Waals surface area contributed by atoms with E-state index in [2.05, 4.69) is 4.74 Å². The van der Waals surface area contributed by atoms with E-state index in [9.17, 15) is 18.0 Å². The number of alkyl halides is 3. The van der Waals surface area contributed by atoms with Gasteiger partial charge in [0.15, 0.2) is 6.10 Å². The molecule has 0 aliphatic rings. The zero-order chi connectivity index (χ0) is 11.2. The normalized spacial score (nSPS) is 14.0. The molecule has 3 nitrogen and oxygen atoms in total. The summed E-state index contributed by atoms with van der Waals surface area (Å²) < 4.78 is 39.3. The quantitative estimate of drug-likeness (QED) is 0.737. The van der Waals surface area contributed by atoms with Crippen LogP contribution >= 0.6 is 0 Å². The summed E-state index contributed by atoms with van der Waals surface area (Å²) in [5.41, 5.74) is 0. The summed E-state index contributed by atoms with van der Waals surface area (Å²) in [5, 5.41) is 8.50. The molecule has 0 fully saturated rings. The first-order valence-electron chi connectivity index (χ1n) is 4.28. The first-order chi connectivity index (χ1) is 6.37. The van der Waals surface area contributed by atoms with Crippen LogP contribution < -0.4 is 0 Å². The average molecular weight is 214 g/mol. The zero-order valence-electron chi connectivity index (χ0n) is 7.80. The Labute approximate surface area is 79.9 Å². The Hall–Kier alpha value is -0.780. The van der Waals surface area contributed by atoms with Gasteiger partial charge in [0.25, 0.3) is 0 Å². The van der Waals surface area contributed by atoms with E-state index in [1.807, 2.05) is 6.92 Å². The van der Waals surface area contributed by atoms with Crippen molar-refractivity contribution in [3.05, 3.63) is 0 Å². The van der Waals surface area contributed by atoms with Gasteiger partial charge in [-0.05, 0) is 6.42 Å². The molecule has 0 aliphatic heterocycles. The Balaban J connectivity index is 3.91. The minimum absolute atomic E-state index is 0.113. The van der Waals surface area contributed by atoms with Crippen LogP contribution in [0.2, 0.25) is 0 Å². The molecule has 0 saturated carbocycles. The number of hydrogen-bond acceptors (Lipinski definition) is 2. The Morgan fingerprint density at radius 2 is 2.07 bits per heavy atom. The Kier molecular flexibility index (Phi) is 5.52. The second kappa shape index (κ2) is 5.85. The monoisotopic (exact) mass is 214 g/mol. The van der Waals surface area contributed by atoms with Gasteiger partial charge >= 0.3 is 12.1 Å². The molecule has 0 aliphatic carbocycles. The van der Waals surface area contributed by atoms with Gasteiger partial charge in [-0.15, -0.1) is 0 Å². The summed E-state index contributed by atoms with van der Waals surface area (Å²) in [6.07, 6.45) is -4.45. The van der Waals surface area contributed by atoms with Crippen LogP contribution in [0.5, 0.6) is 0 Å². The van der Waals surface area contributed by atoms with E-state index >= 15 is 0 Å². The van der Waals surface area contributed by atoms with Gasteiger partial charge in [0.2, 0.25) is 0 Å². The predicted octanol–water partition coefficient (Wildman–Crippen LogP) is 2.21. The van der Waals surface area contributed by atoms with Crippen LogP contribution in [-0.4, -0.2) is 30.0 Å². The molecule has 0 aromatic carbocycles. The molecule has 0 spiro atoms. The minimum atomic E-state index is -4.47. The van der Waals surface area contributed by atoms with Gasteiger partial charge < -0.3 is 9.84 Å². The number of unbranched alkanes of at least 4 members (excludes halogenated alkanes) is 1. The molecule has 0 rings (SSSR count). The topological polar surface area (TPSA) is 46.5 Å². The van der Waals surface area contributed by atoms with Crippen molar-refractivity contribution in [1.29, 1.82) is 0 Å². The van der Waals surface area contributed by atoms with Crippen molar-refractivity contribution in [3.8, 4) is 0 Å². The van der Waals surface area contributed by atoms with Gasteiger partial charge in [-0.1, -0.05) is 19.8 Å². The SMILES string of the molecule is CCCCC(OCC(F)(F)F)C(=O)O. The molecule has 1 atom stereocenters. The minimum Gasteiger partial charge on any atom is -0.479 e. The molecule has 0 aromatic heterocycles. The maximum absolute atomic E-state index is 11.7. The van der Waals surface area contributed by atoms with Crippen LogP contribution in [0.4, 0.5) is 13.2 Å². The molecule has 6 heteroatoms. The molecule has 0 heterocycles. The van der Waals surface area contributed by atoms with E-state index in [0.29, 0.717) is 6.42 Å². The fourth-order valence-corrected chi connectivity index (χ4v) is 0.863. The second-order valence-electron chi connectivity index (χ2n) is 2.90. The third-order valence-electron chi connectivity index (χ3n) is 1.54. The molecule has 1 unspecified atom stereocenters. The van der Waals surface area contributed by atoms with Crippen molar-refractivity contribution in [1.82, 2.24) is 0 Å². The van der Waals surface area contributed by atoms with E-state index in [-0.39, 0.29) is 6.42 Å². The highest BCUT2D eigenvalue weighted by atomic mass is 19.4. The number of halogens is 3. The summed E-state index contributed by atoms with van der Waals surface area (Å²) in [6, 6.07) is 0. The van der Waals surface area contributed by atoms with Crippen molar-refractivity contribution in [3.63, 3.8) is 0 Å². The van der Waals surface area contributed by atoms with Crippen LogP contribution in [0, 0.1) is 0 Å². The van der Waals surface area contributed by atoms with Crippen molar-refractivity contribution in [2.75, 3.05) is 6.61 Å². The molecule has 1 N–H and O–H groups in total. The molecule has 0 amide bonds. The maximum Gasteiger partial charge on any atom is 0.411 e. The van der Waals surface area contributed by atoms with Crippen LogP contribution in [0.15, 0.2) is 0 Å². The third-order valence-corrected chi connectivity index (χ3v) is 1.54. The highest BCUT2D eigenvalue weighted by molar-refractivity contribution is 5.72. The molecule has 0 aromatic rings. The van der Waals surface area contributed by atoms with E-state index < -0.39 is 24.9 Å². The molecule has 0 bridgehead atoms. The molecule has 0 saturated heterocycles. The van der Waals surface area contributed by atoms with Gasteiger partial charge in [-0.25, -0.2) is 4.79 Å². The van der Waals surface area contributed by atoms with Gasteiger partial charge in [0.1, 0.15) is 6.61 Å². The lowest BCUT2D eigenvalue weighted by Crippen LogP contribution is -2.29. The number of ether oxygens (including phenoxy) is 1. The second-order valence-corrected chi connectivity index (χ2v) is 2.90. The number of carbonyl (C=O) groups is 1. The lowest BCUT2D eigenvalue weighted by molar-refractivity contribution is -0.193. The van der Waals surface area contributed by atoms with Gasteiger partial charge in [-0.2, -0.15) is 13.2 Å². The summed E-state index contributed by atoms with van der Waals surface area (Å²) in [5.74, 6) is -1.34.